The number of aromatic nitrogens is 1. The zero-order chi connectivity index (χ0) is 15.9. The van der Waals surface area contributed by atoms with Crippen LogP contribution in [-0.2, 0) is 4.74 Å². The van der Waals surface area contributed by atoms with Gasteiger partial charge < -0.3 is 10.1 Å². The maximum Gasteiger partial charge on any atom is 0.408 e. The summed E-state index contributed by atoms with van der Waals surface area (Å²) in [5, 5.41) is 2.39. The van der Waals surface area contributed by atoms with E-state index in [4.69, 9.17) is 4.74 Å². The molecule has 114 valence electrons. The molecule has 1 aliphatic rings. The van der Waals surface area contributed by atoms with Crippen LogP contribution >= 0.6 is 15.9 Å². The molecule has 0 spiro atoms. The van der Waals surface area contributed by atoms with E-state index in [0.29, 0.717) is 4.60 Å². The average Bonchev–Trinajstić information content (AvgIpc) is 2.86. The van der Waals surface area contributed by atoms with Gasteiger partial charge in [0.2, 0.25) is 0 Å². The van der Waals surface area contributed by atoms with Crippen LogP contribution in [0, 0.1) is 17.5 Å². The van der Waals surface area contributed by atoms with Crippen molar-refractivity contribution in [2.45, 2.75) is 12.1 Å². The summed E-state index contributed by atoms with van der Waals surface area (Å²) >= 11 is 3.10. The van der Waals surface area contributed by atoms with Crippen LogP contribution in [0.1, 0.15) is 23.3 Å². The summed E-state index contributed by atoms with van der Waals surface area (Å²) in [5.41, 5.74) is -0.114. The van der Waals surface area contributed by atoms with Gasteiger partial charge in [0, 0.05) is 11.1 Å². The van der Waals surface area contributed by atoms with Gasteiger partial charge in [0.05, 0.1) is 6.20 Å². The van der Waals surface area contributed by atoms with Crippen LogP contribution in [0.2, 0.25) is 0 Å². The molecule has 8 heteroatoms. The van der Waals surface area contributed by atoms with Crippen LogP contribution in [0.4, 0.5) is 18.0 Å². The van der Waals surface area contributed by atoms with Crippen molar-refractivity contribution >= 4 is 22.0 Å². The number of ether oxygens (including phenoxy) is 1. The zero-order valence-electron chi connectivity index (χ0n) is 10.8. The normalized spacial score (nSPS) is 20.6. The summed E-state index contributed by atoms with van der Waals surface area (Å²) in [7, 11) is 0. The lowest BCUT2D eigenvalue weighted by Gasteiger charge is -2.18. The van der Waals surface area contributed by atoms with Crippen molar-refractivity contribution in [1.82, 2.24) is 10.3 Å². The van der Waals surface area contributed by atoms with Crippen LogP contribution in [0.25, 0.3) is 0 Å². The number of benzene rings is 1. The summed E-state index contributed by atoms with van der Waals surface area (Å²) in [4.78, 5) is 15.2. The number of carbonyl (C=O) groups excluding carboxylic acids is 1. The Labute approximate surface area is 131 Å². The monoisotopic (exact) mass is 372 g/mol. The van der Waals surface area contributed by atoms with E-state index >= 15 is 0 Å². The second-order valence-corrected chi connectivity index (χ2v) is 5.45. The maximum absolute atomic E-state index is 14.0. The third kappa shape index (κ3) is 2.66. The van der Waals surface area contributed by atoms with E-state index in [2.05, 4.69) is 26.2 Å². The lowest BCUT2D eigenvalue weighted by atomic mass is 9.96. The van der Waals surface area contributed by atoms with Gasteiger partial charge in [-0.05, 0) is 40.2 Å². The van der Waals surface area contributed by atoms with Crippen LogP contribution in [-0.4, -0.2) is 11.1 Å². The predicted molar refractivity (Wildman–Crippen MR) is 73.4 cm³/mol. The summed E-state index contributed by atoms with van der Waals surface area (Å²) in [6.07, 6.45) is -1.07. The van der Waals surface area contributed by atoms with Crippen molar-refractivity contribution in [3.63, 3.8) is 0 Å². The van der Waals surface area contributed by atoms with E-state index in [1.165, 1.54) is 6.07 Å². The Bertz CT molecular complexity index is 695. The number of nitrogens with one attached hydrogen (secondary N) is 1. The smallest absolute Gasteiger partial charge is 0.408 e. The van der Waals surface area contributed by atoms with Crippen molar-refractivity contribution in [2.75, 3.05) is 0 Å². The fourth-order valence-corrected chi connectivity index (χ4v) is 2.65. The summed E-state index contributed by atoms with van der Waals surface area (Å²) in [5.74, 6) is -2.13. The molecule has 0 radical (unpaired) electrons. The fraction of sp³-hybridized carbons (Fsp3) is 0.143. The molecule has 2 atom stereocenters. The topological polar surface area (TPSA) is 51.2 Å². The van der Waals surface area contributed by atoms with Crippen LogP contribution in [0.5, 0.6) is 0 Å². The molecule has 1 amide bonds. The second-order valence-electron chi connectivity index (χ2n) is 4.64. The van der Waals surface area contributed by atoms with Gasteiger partial charge in [0.1, 0.15) is 28.1 Å². The summed E-state index contributed by atoms with van der Waals surface area (Å²) < 4.78 is 46.5. The molecule has 0 saturated carbocycles. The van der Waals surface area contributed by atoms with Gasteiger partial charge in [-0.15, -0.1) is 0 Å². The third-order valence-corrected chi connectivity index (χ3v) is 3.70. The van der Waals surface area contributed by atoms with Crippen LogP contribution < -0.4 is 5.32 Å². The number of halogens is 4. The first-order valence-corrected chi connectivity index (χ1v) is 6.98. The van der Waals surface area contributed by atoms with Crippen molar-refractivity contribution in [1.29, 1.82) is 0 Å². The molecule has 0 aliphatic carbocycles. The van der Waals surface area contributed by atoms with E-state index in [0.717, 1.165) is 24.4 Å². The van der Waals surface area contributed by atoms with Gasteiger partial charge >= 0.3 is 6.09 Å². The van der Waals surface area contributed by atoms with Crippen molar-refractivity contribution in [2.24, 2.45) is 0 Å². The van der Waals surface area contributed by atoms with E-state index in [9.17, 15) is 18.0 Å². The highest BCUT2D eigenvalue weighted by atomic mass is 79.9. The number of hydrogen-bond acceptors (Lipinski definition) is 3. The first kappa shape index (κ1) is 14.8. The number of hydrogen-bond donors (Lipinski definition) is 1. The molecule has 3 rings (SSSR count). The minimum Gasteiger partial charge on any atom is -0.439 e. The van der Waals surface area contributed by atoms with Gasteiger partial charge in [-0.25, -0.2) is 22.9 Å². The summed E-state index contributed by atoms with van der Waals surface area (Å²) in [6, 6.07) is 3.14. The van der Waals surface area contributed by atoms with Gasteiger partial charge in [-0.2, -0.15) is 0 Å². The Morgan fingerprint density at radius 3 is 2.68 bits per heavy atom. The third-order valence-electron chi connectivity index (χ3n) is 3.26. The Balaban J connectivity index is 2.08. The highest BCUT2D eigenvalue weighted by molar-refractivity contribution is 9.10. The number of rotatable bonds is 2. The van der Waals surface area contributed by atoms with Crippen molar-refractivity contribution in [3.05, 3.63) is 63.6 Å². The van der Waals surface area contributed by atoms with Gasteiger partial charge in [-0.3, -0.25) is 0 Å². The molecule has 1 N–H and O–H groups in total. The van der Waals surface area contributed by atoms with E-state index in [-0.39, 0.29) is 11.1 Å². The summed E-state index contributed by atoms with van der Waals surface area (Å²) in [6.45, 7) is 0. The highest BCUT2D eigenvalue weighted by Gasteiger charge is 2.39. The minimum atomic E-state index is -1.19. The number of amides is 1. The number of alkyl carbamates (subject to hydrolysis) is 1. The Kier molecular flexibility index (Phi) is 3.78. The quantitative estimate of drug-likeness (QED) is 0.816. The molecule has 1 aliphatic heterocycles. The van der Waals surface area contributed by atoms with E-state index in [1.54, 1.807) is 0 Å². The highest BCUT2D eigenvalue weighted by Crippen LogP contribution is 2.39. The molecule has 22 heavy (non-hydrogen) atoms. The number of nitrogens with zero attached hydrogens (tertiary/aromatic N) is 1. The molecule has 0 unspecified atom stereocenters. The Hall–Kier alpha value is -2.09. The molecule has 2 aromatic rings. The molecule has 1 aromatic heterocycles. The number of carbonyl (C=O) groups is 1. The fourth-order valence-electron chi connectivity index (χ4n) is 2.30. The molecular formula is C14H8BrF3N2O2. The SMILES string of the molecule is O=C1N[C@H](c2cc(Br)ncc2F)[C@@H](c2cc(F)ccc2F)O1. The number of cyclic esters (lactones) is 1. The molecule has 0 bridgehead atoms. The lowest BCUT2D eigenvalue weighted by Crippen LogP contribution is -2.21. The van der Waals surface area contributed by atoms with Gasteiger partial charge in [0.25, 0.3) is 0 Å². The van der Waals surface area contributed by atoms with E-state index < -0.39 is 35.7 Å². The molecular weight excluding hydrogens is 365 g/mol. The molecule has 1 aromatic carbocycles. The van der Waals surface area contributed by atoms with Gasteiger partial charge in [0.15, 0.2) is 6.10 Å². The molecule has 1 saturated heterocycles. The average molecular weight is 373 g/mol. The van der Waals surface area contributed by atoms with Crippen molar-refractivity contribution < 1.29 is 22.7 Å². The molecule has 4 nitrogen and oxygen atoms in total. The van der Waals surface area contributed by atoms with Crippen LogP contribution in [0.15, 0.2) is 35.1 Å². The van der Waals surface area contributed by atoms with E-state index in [1.807, 2.05) is 0 Å². The van der Waals surface area contributed by atoms with Crippen LogP contribution in [0.3, 0.4) is 0 Å². The molecule has 2 heterocycles. The lowest BCUT2D eigenvalue weighted by molar-refractivity contribution is 0.129. The zero-order valence-corrected chi connectivity index (χ0v) is 12.4. The minimum absolute atomic E-state index is 0.0568. The maximum atomic E-state index is 14.0. The predicted octanol–water partition coefficient (Wildman–Crippen LogP) is 3.78. The first-order valence-electron chi connectivity index (χ1n) is 6.19. The molecule has 1 fully saturated rings. The Morgan fingerprint density at radius 1 is 1.14 bits per heavy atom. The standard InChI is InChI=1S/C14H8BrF3N2O2/c15-11-4-7(10(18)5-19-11)12-13(22-14(21)20-12)8-3-6(16)1-2-9(8)17/h1-5,12-13H,(H,20,21)/t12-,13-/m1/s1. The van der Waals surface area contributed by atoms with Crippen molar-refractivity contribution in [3.8, 4) is 0 Å². The second kappa shape index (κ2) is 5.60. The largest absolute Gasteiger partial charge is 0.439 e. The Morgan fingerprint density at radius 2 is 1.91 bits per heavy atom. The first-order chi connectivity index (χ1) is 10.5. The number of pyridine rings is 1. The van der Waals surface area contributed by atoms with Gasteiger partial charge in [-0.1, -0.05) is 0 Å².